The molecule has 32 heavy (non-hydrogen) atoms. The summed E-state index contributed by atoms with van der Waals surface area (Å²) in [4.78, 5) is 33.8. The first-order valence-corrected chi connectivity index (χ1v) is 9.34. The fraction of sp³-hybridized carbons (Fsp3) is 0. The maximum absolute atomic E-state index is 12.2. The summed E-state index contributed by atoms with van der Waals surface area (Å²) in [6, 6.07) is 13.0. The number of nitrogens with one attached hydrogen (secondary N) is 1. The van der Waals surface area contributed by atoms with Crippen LogP contribution in [-0.2, 0) is 0 Å². The highest BCUT2D eigenvalue weighted by atomic mass is 35.5. The predicted octanol–water partition coefficient (Wildman–Crippen LogP) is 4.72. The Balaban J connectivity index is 1.46. The molecule has 4 rings (SSSR count). The number of carboxylic acid groups (broad SMARTS) is 1. The summed E-state index contributed by atoms with van der Waals surface area (Å²) in [5.74, 6) is -1.20. The van der Waals surface area contributed by atoms with E-state index in [4.69, 9.17) is 20.4 Å². The number of hydrogen-bond donors (Lipinski definition) is 2. The molecule has 0 unspecified atom stereocenters. The van der Waals surface area contributed by atoms with E-state index in [0.717, 1.165) is 0 Å². The molecule has 2 aromatic heterocycles. The largest absolute Gasteiger partial charge is 0.478 e. The lowest BCUT2D eigenvalue weighted by Crippen LogP contribution is -2.16. The normalized spacial score (nSPS) is 11.2. The van der Waals surface area contributed by atoms with E-state index in [1.165, 1.54) is 42.6 Å². The van der Waals surface area contributed by atoms with Gasteiger partial charge in [-0.1, -0.05) is 11.6 Å². The zero-order chi connectivity index (χ0) is 22.8. The molecule has 0 aliphatic rings. The lowest BCUT2D eigenvalue weighted by molar-refractivity contribution is -0.384. The van der Waals surface area contributed by atoms with Crippen LogP contribution in [0.15, 0.2) is 68.5 Å². The minimum absolute atomic E-state index is 0.0563. The molecular formula is C21H12ClN3O7. The standard InChI is InChI=1S/C21H12ClN3O7/c22-16-4-1-11(8-15(16)21(27)28)17-6-3-14(31-17)10-23-24-20(26)19-9-12-7-13(25(29)30)2-5-18(12)32-19/h1-10H,(H,24,26)(H,27,28)/b23-10-. The first-order chi connectivity index (χ1) is 15.3. The molecular weight excluding hydrogens is 442 g/mol. The number of carboxylic acids is 1. The fourth-order valence-electron chi connectivity index (χ4n) is 2.89. The molecule has 10 nitrogen and oxygen atoms in total. The number of non-ortho nitro benzene ring substituents is 1. The molecule has 11 heteroatoms. The van der Waals surface area contributed by atoms with E-state index in [1.807, 2.05) is 0 Å². The third-order valence-electron chi connectivity index (χ3n) is 4.40. The van der Waals surface area contributed by atoms with Crippen molar-refractivity contribution in [1.29, 1.82) is 0 Å². The summed E-state index contributed by atoms with van der Waals surface area (Å²) in [6.07, 6.45) is 1.25. The van der Waals surface area contributed by atoms with Gasteiger partial charge < -0.3 is 13.9 Å². The SMILES string of the molecule is O=C(N/N=C\c1ccc(-c2ccc(Cl)c(C(=O)O)c2)o1)c1cc2cc([N+](=O)[O-])ccc2o1. The highest BCUT2D eigenvalue weighted by Gasteiger charge is 2.15. The molecule has 1 amide bonds. The fourth-order valence-corrected chi connectivity index (χ4v) is 3.08. The highest BCUT2D eigenvalue weighted by molar-refractivity contribution is 6.33. The number of hydrazone groups is 1. The summed E-state index contributed by atoms with van der Waals surface area (Å²) in [7, 11) is 0. The average molecular weight is 454 g/mol. The molecule has 2 aromatic carbocycles. The Morgan fingerprint density at radius 3 is 2.66 bits per heavy atom. The molecule has 0 bridgehead atoms. The van der Waals surface area contributed by atoms with Gasteiger partial charge in [-0.05, 0) is 42.5 Å². The van der Waals surface area contributed by atoms with Crippen molar-refractivity contribution in [3.05, 3.63) is 86.8 Å². The summed E-state index contributed by atoms with van der Waals surface area (Å²) >= 11 is 5.87. The molecule has 0 spiro atoms. The molecule has 0 radical (unpaired) electrons. The van der Waals surface area contributed by atoms with Gasteiger partial charge in [0.15, 0.2) is 5.76 Å². The van der Waals surface area contributed by atoms with Crippen molar-refractivity contribution in [2.75, 3.05) is 0 Å². The molecule has 0 aliphatic heterocycles. The van der Waals surface area contributed by atoms with Gasteiger partial charge in [-0.15, -0.1) is 0 Å². The van der Waals surface area contributed by atoms with E-state index >= 15 is 0 Å². The number of carbonyl (C=O) groups excluding carboxylic acids is 1. The van der Waals surface area contributed by atoms with Gasteiger partial charge in [-0.25, -0.2) is 10.2 Å². The zero-order valence-electron chi connectivity index (χ0n) is 15.9. The lowest BCUT2D eigenvalue weighted by Gasteiger charge is -2.01. The molecule has 2 N–H and O–H groups in total. The second kappa shape index (κ2) is 8.36. The zero-order valence-corrected chi connectivity index (χ0v) is 16.7. The maximum Gasteiger partial charge on any atom is 0.337 e. The quantitative estimate of drug-likeness (QED) is 0.244. The summed E-state index contributed by atoms with van der Waals surface area (Å²) in [6.45, 7) is 0. The topological polar surface area (TPSA) is 148 Å². The Bertz CT molecular complexity index is 1400. The summed E-state index contributed by atoms with van der Waals surface area (Å²) < 4.78 is 11.0. The van der Waals surface area contributed by atoms with Crippen molar-refractivity contribution in [3.8, 4) is 11.3 Å². The third kappa shape index (κ3) is 4.20. The van der Waals surface area contributed by atoms with Crippen LogP contribution in [0.1, 0.15) is 26.7 Å². The van der Waals surface area contributed by atoms with Crippen LogP contribution in [0.3, 0.4) is 0 Å². The van der Waals surface area contributed by atoms with Crippen molar-refractivity contribution in [2.45, 2.75) is 0 Å². The minimum Gasteiger partial charge on any atom is -0.478 e. The summed E-state index contributed by atoms with van der Waals surface area (Å²) in [5, 5.41) is 24.3. The van der Waals surface area contributed by atoms with Gasteiger partial charge in [0.05, 0.1) is 21.7 Å². The van der Waals surface area contributed by atoms with Gasteiger partial charge in [-0.3, -0.25) is 14.9 Å². The van der Waals surface area contributed by atoms with Gasteiger partial charge in [0, 0.05) is 23.1 Å². The van der Waals surface area contributed by atoms with Crippen LogP contribution in [0.5, 0.6) is 0 Å². The van der Waals surface area contributed by atoms with E-state index in [2.05, 4.69) is 10.5 Å². The van der Waals surface area contributed by atoms with E-state index < -0.39 is 16.8 Å². The van der Waals surface area contributed by atoms with Gasteiger partial charge in [0.25, 0.3) is 5.69 Å². The van der Waals surface area contributed by atoms with E-state index in [-0.39, 0.29) is 22.0 Å². The van der Waals surface area contributed by atoms with Crippen molar-refractivity contribution >= 4 is 46.3 Å². The van der Waals surface area contributed by atoms with Crippen LogP contribution >= 0.6 is 11.6 Å². The molecule has 0 atom stereocenters. The molecule has 0 saturated heterocycles. The third-order valence-corrected chi connectivity index (χ3v) is 4.73. The number of benzene rings is 2. The number of aromatic carboxylic acids is 1. The molecule has 4 aromatic rings. The van der Waals surface area contributed by atoms with Crippen molar-refractivity contribution in [1.82, 2.24) is 5.43 Å². The molecule has 0 aliphatic carbocycles. The van der Waals surface area contributed by atoms with Crippen molar-refractivity contribution < 1.29 is 28.5 Å². The number of nitro benzene ring substituents is 1. The van der Waals surface area contributed by atoms with E-state index in [0.29, 0.717) is 28.1 Å². The Labute approximate surface area is 183 Å². The number of halogens is 1. The van der Waals surface area contributed by atoms with Gasteiger partial charge >= 0.3 is 11.9 Å². The average Bonchev–Trinajstić information content (AvgIpc) is 3.40. The van der Waals surface area contributed by atoms with Crippen LogP contribution < -0.4 is 5.43 Å². The molecule has 2 heterocycles. The van der Waals surface area contributed by atoms with Crippen LogP contribution in [0.25, 0.3) is 22.3 Å². The lowest BCUT2D eigenvalue weighted by atomic mass is 10.1. The number of nitro groups is 1. The molecule has 0 saturated carbocycles. The number of fused-ring (bicyclic) bond motifs is 1. The van der Waals surface area contributed by atoms with Crippen LogP contribution in [0.2, 0.25) is 5.02 Å². The Morgan fingerprint density at radius 1 is 1.09 bits per heavy atom. The van der Waals surface area contributed by atoms with Crippen molar-refractivity contribution in [3.63, 3.8) is 0 Å². The van der Waals surface area contributed by atoms with E-state index in [1.54, 1.807) is 18.2 Å². The van der Waals surface area contributed by atoms with Gasteiger partial charge in [-0.2, -0.15) is 5.10 Å². The molecule has 0 fully saturated rings. The Hall–Kier alpha value is -4.44. The Kier molecular flexibility index (Phi) is 5.44. The number of furan rings is 2. The predicted molar refractivity (Wildman–Crippen MR) is 114 cm³/mol. The molecule has 160 valence electrons. The number of amides is 1. The summed E-state index contributed by atoms with van der Waals surface area (Å²) in [5.41, 5.74) is 2.93. The van der Waals surface area contributed by atoms with E-state index in [9.17, 15) is 24.8 Å². The number of nitrogens with zero attached hydrogens (tertiary/aromatic N) is 2. The highest BCUT2D eigenvalue weighted by Crippen LogP contribution is 2.27. The number of hydrogen-bond acceptors (Lipinski definition) is 7. The number of rotatable bonds is 6. The number of carbonyl (C=O) groups is 2. The van der Waals surface area contributed by atoms with Gasteiger partial charge in [0.2, 0.25) is 0 Å². The monoisotopic (exact) mass is 453 g/mol. The Morgan fingerprint density at radius 2 is 1.91 bits per heavy atom. The van der Waals surface area contributed by atoms with Crippen LogP contribution in [0, 0.1) is 10.1 Å². The minimum atomic E-state index is -1.16. The first-order valence-electron chi connectivity index (χ1n) is 8.96. The smallest absolute Gasteiger partial charge is 0.337 e. The maximum atomic E-state index is 12.2. The second-order valence-corrected chi connectivity index (χ2v) is 6.90. The first kappa shape index (κ1) is 20.8. The van der Waals surface area contributed by atoms with Crippen LogP contribution in [-0.4, -0.2) is 28.1 Å². The van der Waals surface area contributed by atoms with Crippen molar-refractivity contribution in [2.24, 2.45) is 5.10 Å². The van der Waals surface area contributed by atoms with Gasteiger partial charge in [0.1, 0.15) is 17.1 Å². The van der Waals surface area contributed by atoms with Crippen LogP contribution in [0.4, 0.5) is 5.69 Å². The second-order valence-electron chi connectivity index (χ2n) is 6.49.